The summed E-state index contributed by atoms with van der Waals surface area (Å²) in [4.78, 5) is 14.9. The van der Waals surface area contributed by atoms with E-state index in [1.165, 1.54) is 11.8 Å². The van der Waals surface area contributed by atoms with E-state index in [0.29, 0.717) is 5.92 Å². The van der Waals surface area contributed by atoms with Crippen LogP contribution >= 0.6 is 23.4 Å². The van der Waals surface area contributed by atoms with E-state index in [2.05, 4.69) is 12.2 Å². The number of carbonyl (C=O) groups excluding carboxylic acids is 1. The van der Waals surface area contributed by atoms with Crippen molar-refractivity contribution in [2.45, 2.75) is 80.4 Å². The number of nitrogens with zero attached hydrogens (tertiary/aromatic N) is 1. The van der Waals surface area contributed by atoms with E-state index in [0.717, 1.165) is 25.8 Å². The quantitative estimate of drug-likeness (QED) is 0.438. The van der Waals surface area contributed by atoms with Gasteiger partial charge in [-0.15, -0.1) is 23.4 Å². The molecule has 2 aliphatic rings. The molecule has 0 bridgehead atoms. The van der Waals surface area contributed by atoms with Gasteiger partial charge < -0.3 is 25.4 Å². The van der Waals surface area contributed by atoms with Crippen molar-refractivity contribution in [1.29, 1.82) is 0 Å². The molecular formula is C18H33ClN2O5S. The molecule has 27 heavy (non-hydrogen) atoms. The summed E-state index contributed by atoms with van der Waals surface area (Å²) in [6, 6.07) is -0.934. The van der Waals surface area contributed by atoms with E-state index < -0.39 is 41.3 Å². The number of rotatable bonds is 7. The number of likely N-dealkylation sites (tertiary alicyclic amines) is 1. The van der Waals surface area contributed by atoms with Gasteiger partial charge >= 0.3 is 0 Å². The average molecular weight is 425 g/mol. The minimum Gasteiger partial charge on any atom is -0.388 e. The normalized spacial score (nSPS) is 39.9. The summed E-state index contributed by atoms with van der Waals surface area (Å²) >= 11 is 7.55. The van der Waals surface area contributed by atoms with Gasteiger partial charge in [0, 0.05) is 6.54 Å². The molecule has 9 atom stereocenters. The van der Waals surface area contributed by atoms with Crippen LogP contribution in [0.4, 0.5) is 0 Å². The number of hydrogen-bond acceptors (Lipinski definition) is 7. The lowest BCUT2D eigenvalue weighted by Gasteiger charge is -2.44. The molecule has 0 saturated carbocycles. The summed E-state index contributed by atoms with van der Waals surface area (Å²) in [6.07, 6.45) is -0.0980. The third-order valence-electron chi connectivity index (χ3n) is 5.63. The molecule has 2 heterocycles. The number of hydrogen-bond donors (Lipinski definition) is 4. The smallest absolute Gasteiger partial charge is 0.237 e. The molecule has 4 N–H and O–H groups in total. The number of halogens is 1. The molecule has 9 heteroatoms. The van der Waals surface area contributed by atoms with E-state index in [1.54, 1.807) is 13.2 Å². The SMILES string of the molecule is CCC[C@@H]1C[C@@H](C(=O)N[C@H]([C@H]2O[C@H](SC)[C@H](O)[C@@H](O)[C@@H]2O)[C@H](C)Cl)N(C)C1. The minimum absolute atomic E-state index is 0.147. The zero-order valence-corrected chi connectivity index (χ0v) is 18.0. The monoisotopic (exact) mass is 424 g/mol. The van der Waals surface area contributed by atoms with Crippen LogP contribution < -0.4 is 5.32 Å². The Morgan fingerprint density at radius 2 is 2.00 bits per heavy atom. The fourth-order valence-electron chi connectivity index (χ4n) is 4.11. The van der Waals surface area contributed by atoms with Crippen LogP contribution in [0.25, 0.3) is 0 Å². The van der Waals surface area contributed by atoms with Crippen LogP contribution in [0.1, 0.15) is 33.1 Å². The van der Waals surface area contributed by atoms with Gasteiger partial charge in [-0.3, -0.25) is 9.69 Å². The second-order valence-corrected chi connectivity index (χ2v) is 9.36. The summed E-state index contributed by atoms with van der Waals surface area (Å²) in [5.41, 5.74) is -0.702. The molecule has 0 aromatic carbocycles. The van der Waals surface area contributed by atoms with Crippen molar-refractivity contribution in [3.05, 3.63) is 0 Å². The molecule has 0 radical (unpaired) electrons. The van der Waals surface area contributed by atoms with E-state index in [9.17, 15) is 20.1 Å². The van der Waals surface area contributed by atoms with Crippen LogP contribution in [0.5, 0.6) is 0 Å². The molecule has 0 aromatic rings. The van der Waals surface area contributed by atoms with Crippen molar-refractivity contribution in [3.63, 3.8) is 0 Å². The summed E-state index contributed by atoms with van der Waals surface area (Å²) in [6.45, 7) is 4.74. The summed E-state index contributed by atoms with van der Waals surface area (Å²) < 4.78 is 5.79. The first kappa shape index (κ1) is 23.2. The minimum atomic E-state index is -1.36. The van der Waals surface area contributed by atoms with Crippen LogP contribution in [0.3, 0.4) is 0 Å². The predicted molar refractivity (Wildman–Crippen MR) is 107 cm³/mol. The number of alkyl halides is 1. The highest BCUT2D eigenvalue weighted by Gasteiger charge is 2.48. The number of aliphatic hydroxyl groups is 3. The van der Waals surface area contributed by atoms with Crippen LogP contribution in [-0.4, -0.2) is 93.3 Å². The maximum absolute atomic E-state index is 12.9. The van der Waals surface area contributed by atoms with Crippen molar-refractivity contribution in [2.75, 3.05) is 19.8 Å². The summed E-state index contributed by atoms with van der Waals surface area (Å²) in [7, 11) is 1.94. The van der Waals surface area contributed by atoms with E-state index in [-0.39, 0.29) is 11.9 Å². The standard InChI is InChI=1S/C18H33ClN2O5S/c1-5-6-10-7-11(21(3)8-10)17(25)20-12(9(2)19)16-14(23)13(22)15(24)18(26-16)27-4/h9-16,18,22-24H,5-8H2,1-4H3,(H,20,25)/t9-,10+,11-,12-,13-,14-,15+,16+,18+/m0/s1. The van der Waals surface area contributed by atoms with Crippen LogP contribution in [0.15, 0.2) is 0 Å². The number of carbonyl (C=O) groups is 1. The lowest BCUT2D eigenvalue weighted by atomic mass is 9.92. The summed E-state index contributed by atoms with van der Waals surface area (Å²) in [5, 5.41) is 33.0. The zero-order valence-electron chi connectivity index (χ0n) is 16.4. The fourth-order valence-corrected chi connectivity index (χ4v) is 5.00. The number of aliphatic hydroxyl groups excluding tert-OH is 3. The second kappa shape index (κ2) is 10.1. The molecule has 2 rings (SSSR count). The molecule has 0 unspecified atom stereocenters. The van der Waals surface area contributed by atoms with Crippen LogP contribution in [-0.2, 0) is 9.53 Å². The summed E-state index contributed by atoms with van der Waals surface area (Å²) in [5.74, 6) is 0.350. The lowest BCUT2D eigenvalue weighted by molar-refractivity contribution is -0.205. The molecule has 0 aromatic heterocycles. The maximum atomic E-state index is 12.9. The van der Waals surface area contributed by atoms with Gasteiger partial charge in [0.05, 0.1) is 17.5 Å². The molecule has 158 valence electrons. The molecule has 0 spiro atoms. The van der Waals surface area contributed by atoms with Crippen molar-refractivity contribution in [1.82, 2.24) is 10.2 Å². The average Bonchev–Trinajstić information content (AvgIpc) is 2.99. The van der Waals surface area contributed by atoms with Gasteiger partial charge in [-0.2, -0.15) is 0 Å². The Morgan fingerprint density at radius 3 is 2.56 bits per heavy atom. The number of likely N-dealkylation sites (N-methyl/N-ethyl adjacent to an activating group) is 1. The number of thioether (sulfide) groups is 1. The largest absolute Gasteiger partial charge is 0.388 e. The zero-order chi connectivity index (χ0) is 20.3. The molecule has 2 aliphatic heterocycles. The maximum Gasteiger partial charge on any atom is 0.237 e. The Balaban J connectivity index is 2.09. The highest BCUT2D eigenvalue weighted by atomic mass is 35.5. The van der Waals surface area contributed by atoms with E-state index in [4.69, 9.17) is 16.3 Å². The van der Waals surface area contributed by atoms with Crippen LogP contribution in [0, 0.1) is 5.92 Å². The molecule has 2 fully saturated rings. The highest BCUT2D eigenvalue weighted by Crippen LogP contribution is 2.31. The van der Waals surface area contributed by atoms with Gasteiger partial charge in [0.2, 0.25) is 5.91 Å². The molecule has 2 saturated heterocycles. The van der Waals surface area contributed by atoms with Gasteiger partial charge in [-0.05, 0) is 39.0 Å². The molecule has 1 amide bonds. The molecule has 7 nitrogen and oxygen atoms in total. The number of ether oxygens (including phenoxy) is 1. The first-order chi connectivity index (χ1) is 12.7. The Hall–Kier alpha value is -0.0900. The molecule has 0 aliphatic carbocycles. The topological polar surface area (TPSA) is 102 Å². The second-order valence-electron chi connectivity index (χ2n) is 7.73. The van der Waals surface area contributed by atoms with Crippen LogP contribution in [0.2, 0.25) is 0 Å². The number of nitrogens with one attached hydrogen (secondary N) is 1. The van der Waals surface area contributed by atoms with Gasteiger partial charge in [0.15, 0.2) is 0 Å². The third kappa shape index (κ3) is 5.29. The Kier molecular flexibility index (Phi) is 8.67. The third-order valence-corrected chi connectivity index (χ3v) is 6.76. The Morgan fingerprint density at radius 1 is 1.33 bits per heavy atom. The number of amides is 1. The lowest BCUT2D eigenvalue weighted by Crippen LogP contribution is -2.65. The van der Waals surface area contributed by atoms with Crippen molar-refractivity contribution < 1.29 is 24.9 Å². The van der Waals surface area contributed by atoms with E-state index in [1.807, 2.05) is 11.9 Å². The van der Waals surface area contributed by atoms with Crippen molar-refractivity contribution in [3.8, 4) is 0 Å². The highest BCUT2D eigenvalue weighted by molar-refractivity contribution is 7.99. The molecular weight excluding hydrogens is 392 g/mol. The first-order valence-electron chi connectivity index (χ1n) is 9.58. The van der Waals surface area contributed by atoms with Gasteiger partial charge in [0.1, 0.15) is 29.9 Å². The predicted octanol–water partition coefficient (Wildman–Crippen LogP) is 0.390. The van der Waals surface area contributed by atoms with Crippen molar-refractivity contribution in [2.24, 2.45) is 5.92 Å². The van der Waals surface area contributed by atoms with Crippen molar-refractivity contribution >= 4 is 29.3 Å². The fraction of sp³-hybridized carbons (Fsp3) is 0.944. The van der Waals surface area contributed by atoms with Gasteiger partial charge in [-0.1, -0.05) is 13.3 Å². The first-order valence-corrected chi connectivity index (χ1v) is 11.3. The Labute approximate surface area is 170 Å². The van der Waals surface area contributed by atoms with Gasteiger partial charge in [0.25, 0.3) is 0 Å². The Bertz CT molecular complexity index is 498. The van der Waals surface area contributed by atoms with Gasteiger partial charge in [-0.25, -0.2) is 0 Å². The van der Waals surface area contributed by atoms with E-state index >= 15 is 0 Å².